The third kappa shape index (κ3) is 0.906. The predicted octanol–water partition coefficient (Wildman–Crippen LogP) is 1.58. The number of rotatable bonds is 0. The van der Waals surface area contributed by atoms with Crippen molar-refractivity contribution in [3.63, 3.8) is 0 Å². The van der Waals surface area contributed by atoms with E-state index in [2.05, 4.69) is 5.32 Å². The lowest BCUT2D eigenvalue weighted by molar-refractivity contribution is 0.0966. The van der Waals surface area contributed by atoms with Crippen molar-refractivity contribution in [2.24, 2.45) is 0 Å². The minimum Gasteiger partial charge on any atom is -0.348 e. The Morgan fingerprint density at radius 2 is 2.27 bits per heavy atom. The van der Waals surface area contributed by atoms with Gasteiger partial charge in [-0.1, -0.05) is 17.7 Å². The van der Waals surface area contributed by atoms with Gasteiger partial charge in [0.15, 0.2) is 0 Å². The van der Waals surface area contributed by atoms with Crippen molar-refractivity contribution >= 4 is 17.5 Å². The van der Waals surface area contributed by atoms with Crippen molar-refractivity contribution < 1.29 is 4.79 Å². The van der Waals surface area contributed by atoms with Crippen LogP contribution in [0.2, 0.25) is 5.02 Å². The third-order valence-electron chi connectivity index (χ3n) is 1.79. The van der Waals surface area contributed by atoms with Crippen molar-refractivity contribution in [2.75, 3.05) is 0 Å². The van der Waals surface area contributed by atoms with E-state index in [9.17, 15) is 4.79 Å². The lowest BCUT2D eigenvalue weighted by Gasteiger charge is -1.95. The van der Waals surface area contributed by atoms with Gasteiger partial charge in [0.1, 0.15) is 0 Å². The summed E-state index contributed by atoms with van der Waals surface area (Å²) in [7, 11) is 0. The molecule has 3 heteroatoms. The summed E-state index contributed by atoms with van der Waals surface area (Å²) in [6.07, 6.45) is 0. The second kappa shape index (κ2) is 2.24. The summed E-state index contributed by atoms with van der Waals surface area (Å²) in [6.45, 7) is 0.563. The van der Waals surface area contributed by atoms with Gasteiger partial charge >= 0.3 is 0 Å². The molecule has 0 bridgehead atoms. The van der Waals surface area contributed by atoms with E-state index in [1.807, 2.05) is 0 Å². The summed E-state index contributed by atoms with van der Waals surface area (Å²) in [4.78, 5) is 11.0. The van der Waals surface area contributed by atoms with Crippen molar-refractivity contribution in [1.29, 1.82) is 0 Å². The largest absolute Gasteiger partial charge is 0.348 e. The summed E-state index contributed by atoms with van der Waals surface area (Å²) in [5, 5.41) is 3.37. The van der Waals surface area contributed by atoms with Crippen LogP contribution in [0, 0.1) is 0 Å². The Morgan fingerprint density at radius 1 is 1.45 bits per heavy atom. The molecule has 1 aliphatic rings. The molecule has 0 unspecified atom stereocenters. The molecule has 0 aliphatic carbocycles. The van der Waals surface area contributed by atoms with Crippen LogP contribution >= 0.6 is 11.6 Å². The number of hydrogen-bond donors (Lipinski definition) is 1. The first kappa shape index (κ1) is 6.68. The molecule has 0 fully saturated rings. The summed E-state index contributed by atoms with van der Waals surface area (Å²) < 4.78 is 0. The average Bonchev–Trinajstić information content (AvgIpc) is 2.35. The quantitative estimate of drug-likeness (QED) is 0.625. The van der Waals surface area contributed by atoms with E-state index in [1.165, 1.54) is 0 Å². The van der Waals surface area contributed by atoms with Gasteiger partial charge in [0, 0.05) is 22.7 Å². The number of halogens is 1. The molecule has 11 heavy (non-hydrogen) atoms. The molecule has 0 radical (unpaired) electrons. The third-order valence-corrected chi connectivity index (χ3v) is 2.14. The molecular formula is C8H6ClNO. The second-order valence-electron chi connectivity index (χ2n) is 2.45. The van der Waals surface area contributed by atoms with Crippen LogP contribution in [-0.4, -0.2) is 5.91 Å². The molecule has 2 nitrogen and oxygen atoms in total. The highest BCUT2D eigenvalue weighted by atomic mass is 35.5. The molecule has 1 aliphatic heterocycles. The van der Waals surface area contributed by atoms with E-state index in [4.69, 9.17) is 11.6 Å². The molecule has 0 spiro atoms. The van der Waals surface area contributed by atoms with Gasteiger partial charge in [0.25, 0.3) is 5.91 Å². The van der Waals surface area contributed by atoms with Gasteiger partial charge in [-0.3, -0.25) is 4.79 Å². The maximum Gasteiger partial charge on any atom is 0.251 e. The molecular weight excluding hydrogens is 162 g/mol. The van der Waals surface area contributed by atoms with Crippen LogP contribution in [-0.2, 0) is 6.54 Å². The summed E-state index contributed by atoms with van der Waals surface area (Å²) >= 11 is 5.84. The fourth-order valence-corrected chi connectivity index (χ4v) is 1.46. The van der Waals surface area contributed by atoms with Crippen molar-refractivity contribution in [3.05, 3.63) is 34.3 Å². The number of carbonyl (C=O) groups is 1. The number of nitrogens with one attached hydrogen (secondary N) is 1. The molecule has 0 saturated heterocycles. The average molecular weight is 168 g/mol. The molecule has 2 rings (SSSR count). The van der Waals surface area contributed by atoms with Crippen molar-refractivity contribution in [3.8, 4) is 0 Å². The lowest BCUT2D eigenvalue weighted by Crippen LogP contribution is -2.12. The highest BCUT2D eigenvalue weighted by molar-refractivity contribution is 6.32. The zero-order valence-electron chi connectivity index (χ0n) is 5.73. The van der Waals surface area contributed by atoms with Crippen LogP contribution < -0.4 is 5.32 Å². The minimum absolute atomic E-state index is 0.0255. The first-order chi connectivity index (χ1) is 5.29. The molecule has 56 valence electrons. The van der Waals surface area contributed by atoms with Crippen LogP contribution in [0.3, 0.4) is 0 Å². The molecule has 1 aromatic carbocycles. The topological polar surface area (TPSA) is 29.1 Å². The highest BCUT2D eigenvalue weighted by Crippen LogP contribution is 2.23. The van der Waals surface area contributed by atoms with Gasteiger partial charge in [-0.05, 0) is 12.1 Å². The minimum atomic E-state index is -0.0255. The fraction of sp³-hybridized carbons (Fsp3) is 0.125. The standard InChI is InChI=1S/C8H6ClNO/c9-7-3-1-2-5-6(7)4-10-8(5)11/h1-3H,4H2,(H,10,11). The monoisotopic (exact) mass is 167 g/mol. The Hall–Kier alpha value is -1.02. The summed E-state index contributed by atoms with van der Waals surface area (Å²) in [6, 6.07) is 5.36. The van der Waals surface area contributed by atoms with Gasteiger partial charge in [-0.15, -0.1) is 0 Å². The van der Waals surface area contributed by atoms with Crippen molar-refractivity contribution in [2.45, 2.75) is 6.54 Å². The van der Waals surface area contributed by atoms with E-state index < -0.39 is 0 Å². The Balaban J connectivity index is 2.66. The molecule has 1 N–H and O–H groups in total. The Kier molecular flexibility index (Phi) is 1.36. The second-order valence-corrected chi connectivity index (χ2v) is 2.86. The zero-order valence-corrected chi connectivity index (χ0v) is 6.48. The van der Waals surface area contributed by atoms with E-state index in [0.29, 0.717) is 17.1 Å². The number of fused-ring (bicyclic) bond motifs is 1. The van der Waals surface area contributed by atoms with Crippen LogP contribution in [0.4, 0.5) is 0 Å². The molecule has 1 aromatic rings. The zero-order chi connectivity index (χ0) is 7.84. The van der Waals surface area contributed by atoms with E-state index >= 15 is 0 Å². The van der Waals surface area contributed by atoms with Gasteiger partial charge < -0.3 is 5.32 Å². The molecule has 0 saturated carbocycles. The van der Waals surface area contributed by atoms with Crippen LogP contribution in [0.5, 0.6) is 0 Å². The molecule has 1 amide bonds. The molecule has 1 heterocycles. The first-order valence-electron chi connectivity index (χ1n) is 3.34. The Labute approximate surface area is 69.2 Å². The van der Waals surface area contributed by atoms with E-state index in [0.717, 1.165) is 5.56 Å². The van der Waals surface area contributed by atoms with Gasteiger partial charge in [0.05, 0.1) is 0 Å². The van der Waals surface area contributed by atoms with Crippen LogP contribution in [0.25, 0.3) is 0 Å². The summed E-state index contributed by atoms with van der Waals surface area (Å²) in [5.74, 6) is -0.0255. The van der Waals surface area contributed by atoms with Gasteiger partial charge in [-0.25, -0.2) is 0 Å². The number of hydrogen-bond acceptors (Lipinski definition) is 1. The molecule has 0 atom stereocenters. The predicted molar refractivity (Wildman–Crippen MR) is 42.6 cm³/mol. The van der Waals surface area contributed by atoms with Gasteiger partial charge in [0.2, 0.25) is 0 Å². The smallest absolute Gasteiger partial charge is 0.251 e. The fourth-order valence-electron chi connectivity index (χ4n) is 1.21. The normalized spacial score (nSPS) is 14.5. The van der Waals surface area contributed by atoms with Gasteiger partial charge in [-0.2, -0.15) is 0 Å². The van der Waals surface area contributed by atoms with Crippen LogP contribution in [0.1, 0.15) is 15.9 Å². The Bertz CT molecular complexity index is 322. The highest BCUT2D eigenvalue weighted by Gasteiger charge is 2.19. The van der Waals surface area contributed by atoms with E-state index in [1.54, 1.807) is 18.2 Å². The SMILES string of the molecule is O=C1NCc2c(Cl)cccc21. The maximum atomic E-state index is 11.0. The number of carbonyl (C=O) groups excluding carboxylic acids is 1. The maximum absolute atomic E-state index is 11.0. The van der Waals surface area contributed by atoms with E-state index in [-0.39, 0.29) is 5.91 Å². The summed E-state index contributed by atoms with van der Waals surface area (Å²) in [5.41, 5.74) is 1.62. The van der Waals surface area contributed by atoms with Crippen LogP contribution in [0.15, 0.2) is 18.2 Å². The van der Waals surface area contributed by atoms with Crippen molar-refractivity contribution in [1.82, 2.24) is 5.32 Å². The number of benzene rings is 1. The Morgan fingerprint density at radius 3 is 3.00 bits per heavy atom. The first-order valence-corrected chi connectivity index (χ1v) is 3.72. The molecule has 0 aromatic heterocycles. The lowest BCUT2D eigenvalue weighted by atomic mass is 10.1. The number of amides is 1.